The lowest BCUT2D eigenvalue weighted by Gasteiger charge is -2.14. The van der Waals surface area contributed by atoms with Crippen LogP contribution in [-0.2, 0) is 4.79 Å². The maximum Gasteiger partial charge on any atom is 0.241 e. The maximum absolute atomic E-state index is 11.8. The molecule has 0 aliphatic heterocycles. The van der Waals surface area contributed by atoms with E-state index in [0.717, 1.165) is 11.3 Å². The predicted molar refractivity (Wildman–Crippen MR) is 84.0 cm³/mol. The molecule has 0 saturated carbocycles. The summed E-state index contributed by atoms with van der Waals surface area (Å²) in [5.41, 5.74) is 7.67. The highest BCUT2D eigenvalue weighted by Crippen LogP contribution is 2.22. The van der Waals surface area contributed by atoms with Crippen molar-refractivity contribution in [1.29, 1.82) is 0 Å². The lowest BCUT2D eigenvalue weighted by molar-refractivity contribution is -0.122. The SMILES string of the molecule is Cc1c(Cl)cccc1NNC(=O)CC(O)c1ccccc1. The molecule has 0 aromatic heterocycles. The van der Waals surface area contributed by atoms with Crippen molar-refractivity contribution >= 4 is 23.2 Å². The molecule has 2 aromatic rings. The quantitative estimate of drug-likeness (QED) is 0.743. The first-order valence-corrected chi connectivity index (χ1v) is 6.98. The van der Waals surface area contributed by atoms with E-state index >= 15 is 0 Å². The van der Waals surface area contributed by atoms with Crippen molar-refractivity contribution in [1.82, 2.24) is 5.43 Å². The van der Waals surface area contributed by atoms with Crippen LogP contribution in [0, 0.1) is 6.92 Å². The van der Waals surface area contributed by atoms with Crippen LogP contribution in [0.4, 0.5) is 5.69 Å². The fourth-order valence-corrected chi connectivity index (χ4v) is 2.07. The van der Waals surface area contributed by atoms with Crippen LogP contribution in [0.15, 0.2) is 48.5 Å². The number of carbonyl (C=O) groups is 1. The van der Waals surface area contributed by atoms with Gasteiger partial charge in [0.1, 0.15) is 0 Å². The highest BCUT2D eigenvalue weighted by atomic mass is 35.5. The molecule has 1 unspecified atom stereocenters. The van der Waals surface area contributed by atoms with Crippen LogP contribution in [0.1, 0.15) is 23.7 Å². The van der Waals surface area contributed by atoms with Gasteiger partial charge in [0.2, 0.25) is 5.91 Å². The van der Waals surface area contributed by atoms with Gasteiger partial charge in [0, 0.05) is 5.02 Å². The first kappa shape index (κ1) is 15.4. The molecule has 1 amide bonds. The number of benzene rings is 2. The van der Waals surface area contributed by atoms with E-state index in [4.69, 9.17) is 11.6 Å². The van der Waals surface area contributed by atoms with Crippen LogP contribution >= 0.6 is 11.6 Å². The van der Waals surface area contributed by atoms with Crippen molar-refractivity contribution in [3.8, 4) is 0 Å². The van der Waals surface area contributed by atoms with E-state index in [2.05, 4.69) is 10.9 Å². The summed E-state index contributed by atoms with van der Waals surface area (Å²) < 4.78 is 0. The minimum absolute atomic E-state index is 0.0172. The van der Waals surface area contributed by atoms with Gasteiger partial charge in [0.25, 0.3) is 0 Å². The summed E-state index contributed by atoms with van der Waals surface area (Å²) in [4.78, 5) is 11.8. The molecule has 0 aliphatic rings. The third-order valence-electron chi connectivity index (χ3n) is 3.17. The molecule has 3 N–H and O–H groups in total. The second-order valence-electron chi connectivity index (χ2n) is 4.72. The molecular weight excluding hydrogens is 288 g/mol. The highest BCUT2D eigenvalue weighted by Gasteiger charge is 2.12. The number of hydrazine groups is 1. The molecule has 0 radical (unpaired) electrons. The fraction of sp³-hybridized carbons (Fsp3) is 0.188. The number of nitrogens with one attached hydrogen (secondary N) is 2. The molecule has 21 heavy (non-hydrogen) atoms. The van der Waals surface area contributed by atoms with Gasteiger partial charge >= 0.3 is 0 Å². The van der Waals surface area contributed by atoms with Crippen LogP contribution in [0.3, 0.4) is 0 Å². The summed E-state index contributed by atoms with van der Waals surface area (Å²) in [5.74, 6) is -0.300. The van der Waals surface area contributed by atoms with Crippen LogP contribution in [0.5, 0.6) is 0 Å². The summed E-state index contributed by atoms with van der Waals surface area (Å²) in [5, 5.41) is 10.6. The molecule has 1 atom stereocenters. The summed E-state index contributed by atoms with van der Waals surface area (Å²) >= 11 is 6.00. The number of aliphatic hydroxyl groups is 1. The summed E-state index contributed by atoms with van der Waals surface area (Å²) in [6.07, 6.45) is -0.843. The van der Waals surface area contributed by atoms with Gasteiger partial charge in [-0.25, -0.2) is 0 Å². The number of halogens is 1. The summed E-state index contributed by atoms with van der Waals surface area (Å²) in [6.45, 7) is 1.86. The summed E-state index contributed by atoms with van der Waals surface area (Å²) in [7, 11) is 0. The van der Waals surface area contributed by atoms with E-state index in [9.17, 15) is 9.90 Å². The molecule has 0 aliphatic carbocycles. The largest absolute Gasteiger partial charge is 0.388 e. The third kappa shape index (κ3) is 4.21. The first-order valence-electron chi connectivity index (χ1n) is 6.61. The Morgan fingerprint density at radius 1 is 1.19 bits per heavy atom. The number of amides is 1. The van der Waals surface area contributed by atoms with Crippen molar-refractivity contribution in [3.05, 3.63) is 64.7 Å². The normalized spacial score (nSPS) is 11.8. The molecule has 5 heteroatoms. The smallest absolute Gasteiger partial charge is 0.241 e. The molecule has 0 spiro atoms. The van der Waals surface area contributed by atoms with E-state index < -0.39 is 6.10 Å². The molecule has 0 heterocycles. The average molecular weight is 305 g/mol. The maximum atomic E-state index is 11.8. The highest BCUT2D eigenvalue weighted by molar-refractivity contribution is 6.31. The zero-order valence-corrected chi connectivity index (χ0v) is 12.4. The Balaban J connectivity index is 1.89. The number of aliphatic hydroxyl groups excluding tert-OH is 1. The van der Waals surface area contributed by atoms with E-state index in [1.807, 2.05) is 31.2 Å². The average Bonchev–Trinajstić information content (AvgIpc) is 2.49. The van der Waals surface area contributed by atoms with Crippen molar-refractivity contribution in [2.45, 2.75) is 19.4 Å². The van der Waals surface area contributed by atoms with Crippen molar-refractivity contribution < 1.29 is 9.90 Å². The second kappa shape index (κ2) is 7.11. The zero-order chi connectivity index (χ0) is 15.2. The third-order valence-corrected chi connectivity index (χ3v) is 3.58. The molecular formula is C16H17ClN2O2. The van der Waals surface area contributed by atoms with Crippen molar-refractivity contribution in [3.63, 3.8) is 0 Å². The Hall–Kier alpha value is -2.04. The van der Waals surface area contributed by atoms with Gasteiger partial charge in [-0.2, -0.15) is 0 Å². The number of carbonyl (C=O) groups excluding carboxylic acids is 1. The van der Waals surface area contributed by atoms with Crippen molar-refractivity contribution in [2.75, 3.05) is 5.43 Å². The van der Waals surface area contributed by atoms with Gasteiger partial charge < -0.3 is 5.11 Å². The molecule has 0 fully saturated rings. The Morgan fingerprint density at radius 2 is 1.90 bits per heavy atom. The van der Waals surface area contributed by atoms with Gasteiger partial charge in [-0.1, -0.05) is 48.0 Å². The van der Waals surface area contributed by atoms with E-state index in [0.29, 0.717) is 10.6 Å². The second-order valence-corrected chi connectivity index (χ2v) is 5.12. The molecule has 110 valence electrons. The number of anilines is 1. The topological polar surface area (TPSA) is 61.4 Å². The Morgan fingerprint density at radius 3 is 2.62 bits per heavy atom. The lowest BCUT2D eigenvalue weighted by atomic mass is 10.1. The van der Waals surface area contributed by atoms with Gasteiger partial charge in [0.05, 0.1) is 18.2 Å². The van der Waals surface area contributed by atoms with Gasteiger partial charge in [-0.3, -0.25) is 15.6 Å². The van der Waals surface area contributed by atoms with E-state index in [1.165, 1.54) is 0 Å². The van der Waals surface area contributed by atoms with Gasteiger partial charge in [-0.05, 0) is 30.2 Å². The number of hydrogen-bond acceptors (Lipinski definition) is 3. The predicted octanol–water partition coefficient (Wildman–Crippen LogP) is 3.22. The molecule has 0 bridgehead atoms. The monoisotopic (exact) mass is 304 g/mol. The van der Waals surface area contributed by atoms with E-state index in [-0.39, 0.29) is 12.3 Å². The number of hydrogen-bond donors (Lipinski definition) is 3. The Bertz CT molecular complexity index is 617. The zero-order valence-electron chi connectivity index (χ0n) is 11.6. The van der Waals surface area contributed by atoms with E-state index in [1.54, 1.807) is 24.3 Å². The lowest BCUT2D eigenvalue weighted by Crippen LogP contribution is -2.30. The Labute approximate surface area is 128 Å². The van der Waals surface area contributed by atoms with Crippen LogP contribution in [0.2, 0.25) is 5.02 Å². The minimum atomic E-state index is -0.826. The fourth-order valence-electron chi connectivity index (χ4n) is 1.90. The Kier molecular flexibility index (Phi) is 5.20. The van der Waals surface area contributed by atoms with Crippen LogP contribution in [-0.4, -0.2) is 11.0 Å². The summed E-state index contributed by atoms with van der Waals surface area (Å²) in [6, 6.07) is 14.5. The van der Waals surface area contributed by atoms with Gasteiger partial charge in [-0.15, -0.1) is 0 Å². The molecule has 2 aromatic carbocycles. The molecule has 2 rings (SSSR count). The van der Waals surface area contributed by atoms with Crippen molar-refractivity contribution in [2.24, 2.45) is 0 Å². The molecule has 4 nitrogen and oxygen atoms in total. The van der Waals surface area contributed by atoms with Crippen LogP contribution in [0.25, 0.3) is 0 Å². The van der Waals surface area contributed by atoms with Crippen LogP contribution < -0.4 is 10.9 Å². The van der Waals surface area contributed by atoms with Gasteiger partial charge in [0.15, 0.2) is 0 Å². The standard InChI is InChI=1S/C16H17ClN2O2/c1-11-13(17)8-5-9-14(11)18-19-16(21)10-15(20)12-6-3-2-4-7-12/h2-9,15,18,20H,10H2,1H3,(H,19,21). The first-order chi connectivity index (χ1) is 10.1. The molecule has 0 saturated heterocycles. The number of rotatable bonds is 5. The minimum Gasteiger partial charge on any atom is -0.388 e.